The van der Waals surface area contributed by atoms with Crippen LogP contribution in [-0.4, -0.2) is 19.5 Å². The van der Waals surface area contributed by atoms with Crippen molar-refractivity contribution in [1.82, 2.24) is 19.5 Å². The Morgan fingerprint density at radius 3 is 2.94 bits per heavy atom. The molecule has 1 atom stereocenters. The van der Waals surface area contributed by atoms with Gasteiger partial charge in [0.1, 0.15) is 12.2 Å². The largest absolute Gasteiger partial charge is 0.335 e. The Bertz CT molecular complexity index is 451. The Balaban J connectivity index is 2.08. The zero-order valence-electron chi connectivity index (χ0n) is 9.95. The summed E-state index contributed by atoms with van der Waals surface area (Å²) in [7, 11) is 0. The zero-order chi connectivity index (χ0) is 12.1. The Morgan fingerprint density at radius 2 is 2.24 bits per heavy atom. The van der Waals surface area contributed by atoms with Crippen LogP contribution in [0, 0.1) is 0 Å². The van der Waals surface area contributed by atoms with Gasteiger partial charge >= 0.3 is 0 Å². The molecule has 2 rings (SSSR count). The van der Waals surface area contributed by atoms with E-state index in [4.69, 9.17) is 5.73 Å². The van der Waals surface area contributed by atoms with E-state index in [1.165, 1.54) is 6.33 Å². The molecule has 17 heavy (non-hydrogen) atoms. The second-order valence-corrected chi connectivity index (χ2v) is 3.98. The van der Waals surface area contributed by atoms with Gasteiger partial charge in [-0.1, -0.05) is 6.92 Å². The minimum absolute atomic E-state index is 0.129. The van der Waals surface area contributed by atoms with Crippen LogP contribution >= 0.6 is 0 Å². The fraction of sp³-hybridized carbons (Fsp3) is 0.417. The highest BCUT2D eigenvalue weighted by Gasteiger charge is 2.11. The Hall–Kier alpha value is -1.75. The first-order chi connectivity index (χ1) is 8.31. The van der Waals surface area contributed by atoms with Crippen LogP contribution in [-0.2, 0) is 13.0 Å². The Labute approximate surface area is 101 Å². The molecule has 0 spiro atoms. The summed E-state index contributed by atoms with van der Waals surface area (Å²) in [4.78, 5) is 12.4. The molecule has 1 unspecified atom stereocenters. The molecule has 0 radical (unpaired) electrons. The summed E-state index contributed by atoms with van der Waals surface area (Å²) in [6.07, 6.45) is 8.83. The van der Waals surface area contributed by atoms with Crippen LogP contribution in [0.3, 0.4) is 0 Å². The predicted octanol–water partition coefficient (Wildman–Crippen LogP) is 1.33. The topological polar surface area (TPSA) is 69.6 Å². The van der Waals surface area contributed by atoms with Crippen LogP contribution in [0.25, 0.3) is 0 Å². The fourth-order valence-corrected chi connectivity index (χ4v) is 1.80. The maximum Gasteiger partial charge on any atom is 0.115 e. The van der Waals surface area contributed by atoms with E-state index in [1.807, 2.05) is 18.5 Å². The molecule has 0 bridgehead atoms. The molecule has 2 N–H and O–H groups in total. The van der Waals surface area contributed by atoms with Crippen LogP contribution in [0.15, 0.2) is 31.0 Å². The molecular formula is C12H17N5. The minimum atomic E-state index is -0.129. The molecule has 0 saturated carbocycles. The first-order valence-electron chi connectivity index (χ1n) is 5.82. The second kappa shape index (κ2) is 5.54. The maximum absolute atomic E-state index is 6.11. The van der Waals surface area contributed by atoms with Gasteiger partial charge in [-0.05, 0) is 12.5 Å². The summed E-state index contributed by atoms with van der Waals surface area (Å²) >= 11 is 0. The van der Waals surface area contributed by atoms with E-state index < -0.39 is 0 Å². The number of aromatic nitrogens is 4. The normalized spacial score (nSPS) is 12.6. The molecule has 90 valence electrons. The molecule has 2 aromatic heterocycles. The highest BCUT2D eigenvalue weighted by Crippen LogP contribution is 2.12. The monoisotopic (exact) mass is 231 g/mol. The minimum Gasteiger partial charge on any atom is -0.335 e. The summed E-state index contributed by atoms with van der Waals surface area (Å²) < 4.78 is 2.14. The van der Waals surface area contributed by atoms with Crippen molar-refractivity contribution >= 4 is 0 Å². The van der Waals surface area contributed by atoms with Crippen molar-refractivity contribution in [1.29, 1.82) is 0 Å². The van der Waals surface area contributed by atoms with Gasteiger partial charge in [-0.15, -0.1) is 0 Å². The lowest BCUT2D eigenvalue weighted by Crippen LogP contribution is -2.17. The molecule has 2 aromatic rings. The summed E-state index contributed by atoms with van der Waals surface area (Å²) in [6.45, 7) is 3.12. The summed E-state index contributed by atoms with van der Waals surface area (Å²) in [5.41, 5.74) is 6.96. The Kier molecular flexibility index (Phi) is 3.82. The lowest BCUT2D eigenvalue weighted by Gasteiger charge is -2.11. The predicted molar refractivity (Wildman–Crippen MR) is 65.2 cm³/mol. The molecule has 5 heteroatoms. The van der Waals surface area contributed by atoms with Crippen molar-refractivity contribution < 1.29 is 0 Å². The highest BCUT2D eigenvalue weighted by molar-refractivity contribution is 5.07. The van der Waals surface area contributed by atoms with Crippen molar-refractivity contribution in [2.45, 2.75) is 32.4 Å². The van der Waals surface area contributed by atoms with E-state index in [-0.39, 0.29) is 6.04 Å². The lowest BCUT2D eigenvalue weighted by atomic mass is 10.1. The zero-order valence-corrected chi connectivity index (χ0v) is 9.95. The molecule has 0 fully saturated rings. The molecule has 2 heterocycles. The van der Waals surface area contributed by atoms with E-state index >= 15 is 0 Å². The van der Waals surface area contributed by atoms with Gasteiger partial charge in [-0.3, -0.25) is 0 Å². The van der Waals surface area contributed by atoms with Gasteiger partial charge < -0.3 is 10.3 Å². The first kappa shape index (κ1) is 11.7. The van der Waals surface area contributed by atoms with Gasteiger partial charge in [0.15, 0.2) is 0 Å². The smallest absolute Gasteiger partial charge is 0.115 e. The van der Waals surface area contributed by atoms with Crippen LogP contribution in [0.5, 0.6) is 0 Å². The molecular weight excluding hydrogens is 214 g/mol. The van der Waals surface area contributed by atoms with Gasteiger partial charge in [0.2, 0.25) is 0 Å². The second-order valence-electron chi connectivity index (χ2n) is 3.98. The molecule has 0 aliphatic rings. The molecule has 0 aliphatic heterocycles. The number of imidazole rings is 1. The van der Waals surface area contributed by atoms with E-state index in [1.54, 1.807) is 6.20 Å². The average molecular weight is 231 g/mol. The van der Waals surface area contributed by atoms with Gasteiger partial charge in [0, 0.05) is 31.6 Å². The van der Waals surface area contributed by atoms with E-state index in [0.29, 0.717) is 6.42 Å². The number of nitrogens with zero attached hydrogens (tertiary/aromatic N) is 4. The van der Waals surface area contributed by atoms with Gasteiger partial charge in [0.25, 0.3) is 0 Å². The third kappa shape index (κ3) is 2.88. The number of hydrogen-bond acceptors (Lipinski definition) is 4. The quantitative estimate of drug-likeness (QED) is 0.842. The summed E-state index contributed by atoms with van der Waals surface area (Å²) in [5.74, 6) is 1.01. The SMILES string of the molecule is CCCn1ccnc1CC(N)c1ccncn1. The van der Waals surface area contributed by atoms with Crippen LogP contribution in [0.1, 0.15) is 30.9 Å². The van der Waals surface area contributed by atoms with Crippen molar-refractivity contribution in [2.24, 2.45) is 5.73 Å². The van der Waals surface area contributed by atoms with E-state index in [0.717, 1.165) is 24.5 Å². The van der Waals surface area contributed by atoms with Crippen molar-refractivity contribution in [2.75, 3.05) is 0 Å². The molecule has 0 aromatic carbocycles. The number of hydrogen-bond donors (Lipinski definition) is 1. The lowest BCUT2D eigenvalue weighted by molar-refractivity contribution is 0.591. The Morgan fingerprint density at radius 1 is 1.35 bits per heavy atom. The highest BCUT2D eigenvalue weighted by atomic mass is 15.1. The maximum atomic E-state index is 6.11. The van der Waals surface area contributed by atoms with Crippen molar-refractivity contribution in [3.8, 4) is 0 Å². The van der Waals surface area contributed by atoms with E-state index in [2.05, 4.69) is 26.4 Å². The van der Waals surface area contributed by atoms with Crippen LogP contribution in [0.2, 0.25) is 0 Å². The van der Waals surface area contributed by atoms with Crippen LogP contribution in [0.4, 0.5) is 0 Å². The molecule has 0 saturated heterocycles. The third-order valence-corrected chi connectivity index (χ3v) is 2.65. The van der Waals surface area contributed by atoms with Crippen LogP contribution < -0.4 is 5.73 Å². The summed E-state index contributed by atoms with van der Waals surface area (Å²) in [6, 6.07) is 1.72. The van der Waals surface area contributed by atoms with Gasteiger partial charge in [-0.2, -0.15) is 0 Å². The molecule has 0 amide bonds. The average Bonchev–Trinajstić information content (AvgIpc) is 2.78. The standard InChI is InChI=1S/C12H17N5/c1-2-6-17-7-5-15-12(17)8-10(13)11-3-4-14-9-16-11/h3-5,7,9-10H,2,6,8,13H2,1H3. The van der Waals surface area contributed by atoms with Crippen molar-refractivity contribution in [3.05, 3.63) is 42.5 Å². The third-order valence-electron chi connectivity index (χ3n) is 2.65. The number of aryl methyl sites for hydroxylation is 1. The molecule has 5 nitrogen and oxygen atoms in total. The van der Waals surface area contributed by atoms with Gasteiger partial charge in [0.05, 0.1) is 11.7 Å². The number of rotatable bonds is 5. The fourth-order valence-electron chi connectivity index (χ4n) is 1.80. The molecule has 0 aliphatic carbocycles. The first-order valence-corrected chi connectivity index (χ1v) is 5.82. The van der Waals surface area contributed by atoms with E-state index in [9.17, 15) is 0 Å². The number of nitrogens with two attached hydrogens (primary N) is 1. The van der Waals surface area contributed by atoms with Gasteiger partial charge in [-0.25, -0.2) is 15.0 Å². The van der Waals surface area contributed by atoms with Crippen molar-refractivity contribution in [3.63, 3.8) is 0 Å². The summed E-state index contributed by atoms with van der Waals surface area (Å²) in [5, 5.41) is 0.